The lowest BCUT2D eigenvalue weighted by atomic mass is 10.1. The molecule has 1 N–H and O–H groups in total. The van der Waals surface area contributed by atoms with Crippen molar-refractivity contribution in [3.05, 3.63) is 36.8 Å². The Bertz CT molecular complexity index is 651. The number of aromatic hydroxyl groups is 1. The zero-order valence-corrected chi connectivity index (χ0v) is 7.75. The zero-order valence-electron chi connectivity index (χ0n) is 7.75. The molecule has 0 saturated carbocycles. The predicted octanol–water partition coefficient (Wildman–Crippen LogP) is 1.88. The third-order valence-electron chi connectivity index (χ3n) is 2.30. The predicted molar refractivity (Wildman–Crippen MR) is 56.5 cm³/mol. The number of phenols is 1. The molecular formula is C11H7N3O. The average Bonchev–Trinajstić information content (AvgIpc) is 2.30. The fourth-order valence-corrected chi connectivity index (χ4v) is 1.65. The molecule has 0 bridgehead atoms. The second-order valence-electron chi connectivity index (χ2n) is 3.22. The van der Waals surface area contributed by atoms with E-state index in [-0.39, 0.29) is 5.75 Å². The molecule has 0 saturated heterocycles. The minimum Gasteiger partial charge on any atom is -0.506 e. The van der Waals surface area contributed by atoms with Gasteiger partial charge in [0.15, 0.2) is 0 Å². The van der Waals surface area contributed by atoms with Crippen LogP contribution in [0, 0.1) is 0 Å². The SMILES string of the molecule is Oc1cc2cccnc2c2nccnc12. The monoisotopic (exact) mass is 197 g/mol. The van der Waals surface area contributed by atoms with Crippen molar-refractivity contribution in [3.63, 3.8) is 0 Å². The van der Waals surface area contributed by atoms with Gasteiger partial charge in [-0.1, -0.05) is 6.07 Å². The molecule has 0 aliphatic heterocycles. The number of benzene rings is 1. The highest BCUT2D eigenvalue weighted by molar-refractivity contribution is 6.03. The molecule has 1 aromatic carbocycles. The molecule has 3 aromatic rings. The molecule has 15 heavy (non-hydrogen) atoms. The Balaban J connectivity index is 2.64. The van der Waals surface area contributed by atoms with Gasteiger partial charge in [-0.2, -0.15) is 0 Å². The number of aromatic nitrogens is 3. The van der Waals surface area contributed by atoms with Crippen molar-refractivity contribution >= 4 is 21.9 Å². The lowest BCUT2D eigenvalue weighted by Gasteiger charge is -2.02. The third-order valence-corrected chi connectivity index (χ3v) is 2.30. The normalized spacial score (nSPS) is 10.9. The van der Waals surface area contributed by atoms with Gasteiger partial charge in [0.2, 0.25) is 0 Å². The van der Waals surface area contributed by atoms with Crippen LogP contribution in [0.2, 0.25) is 0 Å². The van der Waals surface area contributed by atoms with Crippen LogP contribution in [-0.4, -0.2) is 20.1 Å². The Morgan fingerprint density at radius 3 is 2.47 bits per heavy atom. The van der Waals surface area contributed by atoms with Crippen LogP contribution < -0.4 is 0 Å². The topological polar surface area (TPSA) is 58.9 Å². The molecule has 0 atom stereocenters. The maximum atomic E-state index is 9.74. The van der Waals surface area contributed by atoms with Crippen molar-refractivity contribution in [3.8, 4) is 5.75 Å². The molecule has 0 aliphatic rings. The van der Waals surface area contributed by atoms with E-state index in [1.807, 2.05) is 12.1 Å². The van der Waals surface area contributed by atoms with Gasteiger partial charge in [0.05, 0.1) is 5.52 Å². The minimum atomic E-state index is 0.138. The number of rotatable bonds is 0. The standard InChI is InChI=1S/C11H7N3O/c15-8-6-7-2-1-3-12-9(7)11-10(8)13-4-5-14-11/h1-6,15H. The highest BCUT2D eigenvalue weighted by atomic mass is 16.3. The summed E-state index contributed by atoms with van der Waals surface area (Å²) >= 11 is 0. The number of fused-ring (bicyclic) bond motifs is 3. The van der Waals surface area contributed by atoms with Crippen LogP contribution in [0.15, 0.2) is 36.8 Å². The summed E-state index contributed by atoms with van der Waals surface area (Å²) in [5, 5.41) is 10.6. The van der Waals surface area contributed by atoms with Crippen molar-refractivity contribution in [2.45, 2.75) is 0 Å². The summed E-state index contributed by atoms with van der Waals surface area (Å²) in [5.41, 5.74) is 1.88. The van der Waals surface area contributed by atoms with Gasteiger partial charge in [-0.05, 0) is 12.1 Å². The molecule has 0 amide bonds. The summed E-state index contributed by atoms with van der Waals surface area (Å²) in [4.78, 5) is 12.5. The van der Waals surface area contributed by atoms with E-state index < -0.39 is 0 Å². The number of pyridine rings is 1. The second-order valence-corrected chi connectivity index (χ2v) is 3.22. The molecule has 3 rings (SSSR count). The van der Waals surface area contributed by atoms with E-state index in [1.54, 1.807) is 24.7 Å². The quantitative estimate of drug-likeness (QED) is 0.559. The lowest BCUT2D eigenvalue weighted by molar-refractivity contribution is 0.481. The van der Waals surface area contributed by atoms with Gasteiger partial charge in [0.1, 0.15) is 16.8 Å². The summed E-state index contributed by atoms with van der Waals surface area (Å²) in [5.74, 6) is 0.138. The van der Waals surface area contributed by atoms with Crippen molar-refractivity contribution in [2.24, 2.45) is 0 Å². The summed E-state index contributed by atoms with van der Waals surface area (Å²) in [7, 11) is 0. The minimum absolute atomic E-state index is 0.138. The highest BCUT2D eigenvalue weighted by Crippen LogP contribution is 2.27. The number of hydrogen-bond acceptors (Lipinski definition) is 4. The van der Waals surface area contributed by atoms with Gasteiger partial charge in [-0.3, -0.25) is 9.97 Å². The fraction of sp³-hybridized carbons (Fsp3) is 0. The first-order valence-electron chi connectivity index (χ1n) is 4.54. The Labute approximate surface area is 85.2 Å². The fourth-order valence-electron chi connectivity index (χ4n) is 1.65. The molecule has 0 aliphatic carbocycles. The van der Waals surface area contributed by atoms with Crippen molar-refractivity contribution in [1.29, 1.82) is 0 Å². The molecule has 4 nitrogen and oxygen atoms in total. The Hall–Kier alpha value is -2.23. The van der Waals surface area contributed by atoms with Crippen LogP contribution >= 0.6 is 0 Å². The maximum absolute atomic E-state index is 9.74. The van der Waals surface area contributed by atoms with Crippen LogP contribution in [0.25, 0.3) is 21.9 Å². The maximum Gasteiger partial charge on any atom is 0.144 e. The molecule has 0 radical (unpaired) electrons. The first kappa shape index (κ1) is 8.11. The first-order valence-corrected chi connectivity index (χ1v) is 4.54. The summed E-state index contributed by atoms with van der Waals surface area (Å²) in [6.07, 6.45) is 4.85. The van der Waals surface area contributed by atoms with E-state index in [9.17, 15) is 5.11 Å². The van der Waals surface area contributed by atoms with Crippen molar-refractivity contribution in [1.82, 2.24) is 15.0 Å². The van der Waals surface area contributed by atoms with Crippen LogP contribution in [0.1, 0.15) is 0 Å². The van der Waals surface area contributed by atoms with E-state index in [1.165, 1.54) is 0 Å². The van der Waals surface area contributed by atoms with Gasteiger partial charge in [-0.25, -0.2) is 4.98 Å². The summed E-state index contributed by atoms with van der Waals surface area (Å²) in [6, 6.07) is 5.36. The number of hydrogen-bond donors (Lipinski definition) is 1. The highest BCUT2D eigenvalue weighted by Gasteiger charge is 2.07. The average molecular weight is 197 g/mol. The number of phenolic OH excluding ortho intramolecular Hbond substituents is 1. The third kappa shape index (κ3) is 1.11. The van der Waals surface area contributed by atoms with Crippen molar-refractivity contribution in [2.75, 3.05) is 0 Å². The molecular weight excluding hydrogens is 190 g/mol. The van der Waals surface area contributed by atoms with E-state index >= 15 is 0 Å². The van der Waals surface area contributed by atoms with Crippen LogP contribution in [0.5, 0.6) is 5.75 Å². The van der Waals surface area contributed by atoms with Gasteiger partial charge in [0, 0.05) is 24.0 Å². The lowest BCUT2D eigenvalue weighted by Crippen LogP contribution is -1.87. The van der Waals surface area contributed by atoms with Gasteiger partial charge >= 0.3 is 0 Å². The molecule has 2 heterocycles. The molecule has 0 fully saturated rings. The zero-order chi connectivity index (χ0) is 10.3. The molecule has 0 unspecified atom stereocenters. The van der Waals surface area contributed by atoms with E-state index in [0.29, 0.717) is 11.0 Å². The Morgan fingerprint density at radius 2 is 1.60 bits per heavy atom. The second kappa shape index (κ2) is 2.88. The van der Waals surface area contributed by atoms with Gasteiger partial charge < -0.3 is 5.11 Å². The Kier molecular flexibility index (Phi) is 1.56. The first-order chi connectivity index (χ1) is 7.36. The van der Waals surface area contributed by atoms with E-state index in [2.05, 4.69) is 15.0 Å². The van der Waals surface area contributed by atoms with E-state index in [0.717, 1.165) is 10.9 Å². The van der Waals surface area contributed by atoms with Crippen LogP contribution in [0.4, 0.5) is 0 Å². The summed E-state index contributed by atoms with van der Waals surface area (Å²) < 4.78 is 0. The van der Waals surface area contributed by atoms with E-state index in [4.69, 9.17) is 0 Å². The van der Waals surface area contributed by atoms with Crippen LogP contribution in [0.3, 0.4) is 0 Å². The van der Waals surface area contributed by atoms with Crippen LogP contribution in [-0.2, 0) is 0 Å². The van der Waals surface area contributed by atoms with Crippen molar-refractivity contribution < 1.29 is 5.11 Å². The molecule has 72 valence electrons. The Morgan fingerprint density at radius 1 is 0.867 bits per heavy atom. The van der Waals surface area contributed by atoms with Gasteiger partial charge in [-0.15, -0.1) is 0 Å². The van der Waals surface area contributed by atoms with Gasteiger partial charge in [0.25, 0.3) is 0 Å². The summed E-state index contributed by atoms with van der Waals surface area (Å²) in [6.45, 7) is 0. The molecule has 4 heteroatoms. The smallest absolute Gasteiger partial charge is 0.144 e. The largest absolute Gasteiger partial charge is 0.506 e. The number of nitrogens with zero attached hydrogens (tertiary/aromatic N) is 3. The molecule has 2 aromatic heterocycles. The molecule has 0 spiro atoms.